The Morgan fingerprint density at radius 2 is 2.24 bits per heavy atom. The van der Waals surface area contributed by atoms with Crippen molar-refractivity contribution >= 4 is 17.3 Å². The van der Waals surface area contributed by atoms with Crippen molar-refractivity contribution in [3.05, 3.63) is 18.5 Å². The largest absolute Gasteiger partial charge is 0.376 e. The van der Waals surface area contributed by atoms with Crippen LogP contribution in [0.15, 0.2) is 18.5 Å². The van der Waals surface area contributed by atoms with Crippen LogP contribution in [0.2, 0.25) is 0 Å². The van der Waals surface area contributed by atoms with Crippen LogP contribution in [-0.4, -0.2) is 30.5 Å². The molecule has 1 aromatic heterocycles. The highest BCUT2D eigenvalue weighted by Gasteiger charge is 2.40. The van der Waals surface area contributed by atoms with Gasteiger partial charge in [-0.05, 0) is 25.3 Å². The average Bonchev–Trinajstić information content (AvgIpc) is 2.26. The summed E-state index contributed by atoms with van der Waals surface area (Å²) in [6.45, 7) is 0. The van der Waals surface area contributed by atoms with Crippen molar-refractivity contribution in [2.75, 3.05) is 24.3 Å². The molecule has 1 aromatic rings. The van der Waals surface area contributed by atoms with E-state index in [1.807, 2.05) is 25.1 Å². The lowest BCUT2D eigenvalue weighted by atomic mass is 9.77. The van der Waals surface area contributed by atoms with Gasteiger partial charge < -0.3 is 16.0 Å². The van der Waals surface area contributed by atoms with Gasteiger partial charge in [0.15, 0.2) is 0 Å². The normalized spacial score (nSPS) is 17.1. The predicted molar refractivity (Wildman–Crippen MR) is 68.0 cm³/mol. The summed E-state index contributed by atoms with van der Waals surface area (Å²) in [5, 5.41) is 2.87. The molecule has 92 valence electrons. The molecular weight excluding hydrogens is 216 g/mol. The van der Waals surface area contributed by atoms with Crippen LogP contribution in [0.3, 0.4) is 0 Å². The molecule has 1 saturated carbocycles. The monoisotopic (exact) mass is 234 g/mol. The molecule has 1 aliphatic rings. The number of anilines is 2. The van der Waals surface area contributed by atoms with Crippen molar-refractivity contribution in [2.24, 2.45) is 5.73 Å². The first-order valence-electron chi connectivity index (χ1n) is 5.75. The molecule has 0 spiro atoms. The molecule has 1 heterocycles. The van der Waals surface area contributed by atoms with Gasteiger partial charge in [0.2, 0.25) is 5.91 Å². The van der Waals surface area contributed by atoms with E-state index in [9.17, 15) is 4.79 Å². The SMILES string of the molecule is CN(C)c1ccncc1NC(=O)C1(N)CCC1. The van der Waals surface area contributed by atoms with Crippen LogP contribution in [0.1, 0.15) is 19.3 Å². The van der Waals surface area contributed by atoms with Crippen molar-refractivity contribution < 1.29 is 4.79 Å². The van der Waals surface area contributed by atoms with E-state index in [0.717, 1.165) is 24.9 Å². The third-order valence-electron chi connectivity index (χ3n) is 3.23. The molecule has 2 rings (SSSR count). The van der Waals surface area contributed by atoms with Crippen LogP contribution >= 0.6 is 0 Å². The van der Waals surface area contributed by atoms with Gasteiger partial charge in [0.1, 0.15) is 0 Å². The van der Waals surface area contributed by atoms with Crippen LogP contribution in [0, 0.1) is 0 Å². The summed E-state index contributed by atoms with van der Waals surface area (Å²) in [6, 6.07) is 1.86. The van der Waals surface area contributed by atoms with Crippen LogP contribution in [0.4, 0.5) is 11.4 Å². The maximum absolute atomic E-state index is 12.0. The number of carbonyl (C=O) groups excluding carboxylic acids is 1. The Kier molecular flexibility index (Phi) is 3.02. The molecule has 0 unspecified atom stereocenters. The first-order chi connectivity index (χ1) is 8.03. The molecule has 0 radical (unpaired) electrons. The highest BCUT2D eigenvalue weighted by molar-refractivity contribution is 6.00. The summed E-state index contributed by atoms with van der Waals surface area (Å²) >= 11 is 0. The van der Waals surface area contributed by atoms with Gasteiger partial charge in [0.05, 0.1) is 23.1 Å². The molecule has 1 aliphatic carbocycles. The topological polar surface area (TPSA) is 71.2 Å². The number of carbonyl (C=O) groups is 1. The summed E-state index contributed by atoms with van der Waals surface area (Å²) in [5.41, 5.74) is 6.93. The fourth-order valence-electron chi connectivity index (χ4n) is 1.90. The fraction of sp³-hybridized carbons (Fsp3) is 0.500. The lowest BCUT2D eigenvalue weighted by Crippen LogP contribution is -2.56. The molecule has 5 nitrogen and oxygen atoms in total. The van der Waals surface area contributed by atoms with Crippen LogP contribution in [0.25, 0.3) is 0 Å². The third kappa shape index (κ3) is 2.24. The van der Waals surface area contributed by atoms with E-state index < -0.39 is 5.54 Å². The van der Waals surface area contributed by atoms with E-state index in [4.69, 9.17) is 5.73 Å². The standard InChI is InChI=1S/C12H18N4O/c1-16(2)10-4-7-14-8-9(10)15-11(17)12(13)5-3-6-12/h4,7-8H,3,5-6,13H2,1-2H3,(H,15,17). The van der Waals surface area contributed by atoms with E-state index in [2.05, 4.69) is 10.3 Å². The van der Waals surface area contributed by atoms with Gasteiger partial charge in [-0.2, -0.15) is 0 Å². The molecule has 0 bridgehead atoms. The summed E-state index contributed by atoms with van der Waals surface area (Å²) < 4.78 is 0. The smallest absolute Gasteiger partial charge is 0.244 e. The van der Waals surface area contributed by atoms with Crippen LogP contribution in [0.5, 0.6) is 0 Å². The Morgan fingerprint density at radius 1 is 1.53 bits per heavy atom. The van der Waals surface area contributed by atoms with Crippen molar-refractivity contribution in [3.8, 4) is 0 Å². The first kappa shape index (κ1) is 11.9. The van der Waals surface area contributed by atoms with Gasteiger partial charge in [-0.1, -0.05) is 0 Å². The fourth-order valence-corrected chi connectivity index (χ4v) is 1.90. The summed E-state index contributed by atoms with van der Waals surface area (Å²) in [5.74, 6) is -0.111. The number of amides is 1. The summed E-state index contributed by atoms with van der Waals surface area (Å²) in [6.07, 6.45) is 5.89. The van der Waals surface area contributed by atoms with Gasteiger partial charge in [-0.15, -0.1) is 0 Å². The van der Waals surface area contributed by atoms with Crippen molar-refractivity contribution in [3.63, 3.8) is 0 Å². The molecule has 0 saturated heterocycles. The van der Waals surface area contributed by atoms with Crippen molar-refractivity contribution in [1.82, 2.24) is 4.98 Å². The number of aromatic nitrogens is 1. The minimum atomic E-state index is -0.681. The zero-order chi connectivity index (χ0) is 12.5. The number of pyridine rings is 1. The number of nitrogens with one attached hydrogen (secondary N) is 1. The number of hydrogen-bond donors (Lipinski definition) is 2. The zero-order valence-corrected chi connectivity index (χ0v) is 10.2. The third-order valence-corrected chi connectivity index (χ3v) is 3.23. The molecular formula is C12H18N4O. The minimum Gasteiger partial charge on any atom is -0.376 e. The van der Waals surface area contributed by atoms with Crippen molar-refractivity contribution in [2.45, 2.75) is 24.8 Å². The molecule has 0 aromatic carbocycles. The minimum absolute atomic E-state index is 0.111. The van der Waals surface area contributed by atoms with Gasteiger partial charge >= 0.3 is 0 Å². The molecule has 0 atom stereocenters. The van der Waals surface area contributed by atoms with E-state index in [1.54, 1.807) is 12.4 Å². The Morgan fingerprint density at radius 3 is 2.76 bits per heavy atom. The summed E-state index contributed by atoms with van der Waals surface area (Å²) in [4.78, 5) is 18.0. The highest BCUT2D eigenvalue weighted by atomic mass is 16.2. The number of hydrogen-bond acceptors (Lipinski definition) is 4. The zero-order valence-electron chi connectivity index (χ0n) is 10.2. The number of rotatable bonds is 3. The molecule has 1 fully saturated rings. The second-order valence-electron chi connectivity index (χ2n) is 4.75. The van der Waals surface area contributed by atoms with Gasteiger partial charge in [-0.3, -0.25) is 9.78 Å². The highest BCUT2D eigenvalue weighted by Crippen LogP contribution is 2.31. The maximum Gasteiger partial charge on any atom is 0.244 e. The van der Waals surface area contributed by atoms with Crippen LogP contribution < -0.4 is 16.0 Å². The molecule has 17 heavy (non-hydrogen) atoms. The molecule has 3 N–H and O–H groups in total. The Balaban J connectivity index is 2.16. The quantitative estimate of drug-likeness (QED) is 0.817. The second-order valence-corrected chi connectivity index (χ2v) is 4.75. The first-order valence-corrected chi connectivity index (χ1v) is 5.75. The van der Waals surface area contributed by atoms with E-state index in [-0.39, 0.29) is 5.91 Å². The Labute approximate surface area is 101 Å². The number of nitrogens with two attached hydrogens (primary N) is 1. The Bertz CT molecular complexity index is 426. The maximum atomic E-state index is 12.0. The van der Waals surface area contributed by atoms with Gasteiger partial charge in [-0.25, -0.2) is 0 Å². The summed E-state index contributed by atoms with van der Waals surface area (Å²) in [7, 11) is 3.85. The lowest BCUT2D eigenvalue weighted by Gasteiger charge is -2.36. The van der Waals surface area contributed by atoms with E-state index in [1.165, 1.54) is 0 Å². The van der Waals surface area contributed by atoms with Crippen LogP contribution in [-0.2, 0) is 4.79 Å². The van der Waals surface area contributed by atoms with Crippen molar-refractivity contribution in [1.29, 1.82) is 0 Å². The van der Waals surface area contributed by atoms with E-state index >= 15 is 0 Å². The second kappa shape index (κ2) is 4.33. The van der Waals surface area contributed by atoms with Gasteiger partial charge in [0.25, 0.3) is 0 Å². The van der Waals surface area contributed by atoms with Gasteiger partial charge in [0, 0.05) is 20.3 Å². The molecule has 5 heteroatoms. The molecule has 0 aliphatic heterocycles. The number of nitrogens with zero attached hydrogens (tertiary/aromatic N) is 2. The van der Waals surface area contributed by atoms with E-state index in [0.29, 0.717) is 5.69 Å². The Hall–Kier alpha value is -1.62. The lowest BCUT2D eigenvalue weighted by molar-refractivity contribution is -0.123. The molecule has 1 amide bonds. The average molecular weight is 234 g/mol. The predicted octanol–water partition coefficient (Wildman–Crippen LogP) is 0.967.